The molecular formula is C23H25FN2O4. The predicted molar refractivity (Wildman–Crippen MR) is 113 cm³/mol. The van der Waals surface area contributed by atoms with Crippen molar-refractivity contribution < 1.29 is 23.5 Å². The number of hydrogen-bond acceptors (Lipinski definition) is 4. The molecule has 3 rings (SSSR count). The lowest BCUT2D eigenvalue weighted by atomic mass is 10.1. The van der Waals surface area contributed by atoms with Gasteiger partial charge in [-0.1, -0.05) is 30.3 Å². The highest BCUT2D eigenvalue weighted by molar-refractivity contribution is 6.12. The molecule has 7 heteroatoms. The minimum atomic E-state index is -0.504. The Morgan fingerprint density at radius 1 is 1.20 bits per heavy atom. The molecule has 0 atom stereocenters. The number of nitrogens with one attached hydrogen (secondary N) is 1. The molecule has 2 amide bonds. The lowest BCUT2D eigenvalue weighted by Crippen LogP contribution is -2.44. The summed E-state index contributed by atoms with van der Waals surface area (Å²) >= 11 is 0. The van der Waals surface area contributed by atoms with Gasteiger partial charge in [0.1, 0.15) is 12.4 Å². The van der Waals surface area contributed by atoms with Crippen LogP contribution >= 0.6 is 0 Å². The maximum Gasteiger partial charge on any atom is 0.294 e. The maximum atomic E-state index is 14.0. The van der Waals surface area contributed by atoms with Crippen molar-refractivity contribution in [2.45, 2.75) is 26.4 Å². The van der Waals surface area contributed by atoms with Crippen molar-refractivity contribution in [2.75, 3.05) is 24.6 Å². The van der Waals surface area contributed by atoms with Crippen LogP contribution in [-0.4, -0.2) is 37.6 Å². The maximum absolute atomic E-state index is 14.0. The van der Waals surface area contributed by atoms with E-state index in [4.69, 9.17) is 9.47 Å². The van der Waals surface area contributed by atoms with Crippen molar-refractivity contribution in [1.82, 2.24) is 5.32 Å². The highest BCUT2D eigenvalue weighted by atomic mass is 19.1. The topological polar surface area (TPSA) is 67.9 Å². The number of rotatable bonds is 8. The summed E-state index contributed by atoms with van der Waals surface area (Å²) in [5.74, 6) is -0.881. The minimum absolute atomic E-state index is 0.0445. The number of para-hydroxylation sites is 2. The van der Waals surface area contributed by atoms with Gasteiger partial charge in [0.2, 0.25) is 5.91 Å². The molecule has 6 nitrogen and oxygen atoms in total. The molecule has 0 aromatic heterocycles. The largest absolute Gasteiger partial charge is 0.449 e. The van der Waals surface area contributed by atoms with E-state index >= 15 is 0 Å². The van der Waals surface area contributed by atoms with Crippen molar-refractivity contribution in [3.63, 3.8) is 0 Å². The fourth-order valence-corrected chi connectivity index (χ4v) is 2.97. The summed E-state index contributed by atoms with van der Waals surface area (Å²) in [4.78, 5) is 26.8. The lowest BCUT2D eigenvalue weighted by molar-refractivity contribution is -0.123. The van der Waals surface area contributed by atoms with Crippen LogP contribution in [0.2, 0.25) is 0 Å². The summed E-state index contributed by atoms with van der Waals surface area (Å²) in [6.45, 7) is 4.73. The molecule has 0 saturated carbocycles. The van der Waals surface area contributed by atoms with Gasteiger partial charge in [0.25, 0.3) is 5.91 Å². The van der Waals surface area contributed by atoms with Crippen LogP contribution in [-0.2, 0) is 14.3 Å². The Balaban J connectivity index is 1.73. The molecule has 0 radical (unpaired) electrons. The smallest absolute Gasteiger partial charge is 0.294 e. The van der Waals surface area contributed by atoms with E-state index in [1.54, 1.807) is 42.5 Å². The summed E-state index contributed by atoms with van der Waals surface area (Å²) in [7, 11) is 0. The number of amides is 2. The molecule has 0 spiro atoms. The number of halogens is 1. The van der Waals surface area contributed by atoms with E-state index in [1.807, 2.05) is 13.8 Å². The Bertz CT molecular complexity index is 942. The Morgan fingerprint density at radius 2 is 1.93 bits per heavy atom. The molecule has 0 unspecified atom stereocenters. The zero-order valence-corrected chi connectivity index (χ0v) is 17.1. The molecule has 1 N–H and O–H groups in total. The van der Waals surface area contributed by atoms with Crippen LogP contribution in [0.25, 0.3) is 6.08 Å². The molecule has 2 aromatic rings. The second kappa shape index (κ2) is 10.0. The summed E-state index contributed by atoms with van der Waals surface area (Å²) in [6, 6.07) is 13.0. The molecule has 0 aliphatic carbocycles. The number of ether oxygens (including phenoxy) is 2. The van der Waals surface area contributed by atoms with Crippen molar-refractivity contribution >= 4 is 23.6 Å². The normalized spacial score (nSPS) is 14.6. The van der Waals surface area contributed by atoms with E-state index in [-0.39, 0.29) is 29.9 Å². The fourth-order valence-electron chi connectivity index (χ4n) is 2.97. The van der Waals surface area contributed by atoms with Crippen LogP contribution in [0.5, 0.6) is 5.75 Å². The molecule has 0 saturated heterocycles. The zero-order valence-electron chi connectivity index (χ0n) is 17.1. The number of fused-ring (bicyclic) bond motifs is 1. The molecule has 0 bridgehead atoms. The third kappa shape index (κ3) is 5.45. The molecular weight excluding hydrogens is 387 g/mol. The molecule has 1 heterocycles. The first kappa shape index (κ1) is 21.5. The van der Waals surface area contributed by atoms with Crippen molar-refractivity contribution in [1.29, 1.82) is 0 Å². The monoisotopic (exact) mass is 412 g/mol. The summed E-state index contributed by atoms with van der Waals surface area (Å²) in [5.41, 5.74) is 0.723. The van der Waals surface area contributed by atoms with E-state index < -0.39 is 11.7 Å². The Morgan fingerprint density at radius 3 is 2.70 bits per heavy atom. The van der Waals surface area contributed by atoms with E-state index in [0.717, 1.165) is 0 Å². The fraction of sp³-hybridized carbons (Fsp3) is 0.304. The molecule has 158 valence electrons. The molecule has 2 aromatic carbocycles. The highest BCUT2D eigenvalue weighted by Gasteiger charge is 2.31. The van der Waals surface area contributed by atoms with Crippen LogP contribution < -0.4 is 15.0 Å². The second-order valence-electron chi connectivity index (χ2n) is 7.11. The number of carbonyl (C=O) groups is 2. The first-order valence-corrected chi connectivity index (χ1v) is 9.89. The minimum Gasteiger partial charge on any atom is -0.449 e. The summed E-state index contributed by atoms with van der Waals surface area (Å²) in [6.07, 6.45) is 2.17. The first-order valence-electron chi connectivity index (χ1n) is 9.89. The van der Waals surface area contributed by atoms with Gasteiger partial charge in [-0.15, -0.1) is 0 Å². The lowest BCUT2D eigenvalue weighted by Gasteiger charge is -2.30. The number of hydrogen-bond donors (Lipinski definition) is 1. The average Bonchev–Trinajstić information content (AvgIpc) is 2.72. The number of carbonyl (C=O) groups excluding carboxylic acids is 2. The van der Waals surface area contributed by atoms with E-state index in [9.17, 15) is 14.0 Å². The van der Waals surface area contributed by atoms with Crippen LogP contribution in [0, 0.1) is 5.82 Å². The van der Waals surface area contributed by atoms with Gasteiger partial charge in [0.05, 0.1) is 11.8 Å². The number of benzene rings is 2. The highest BCUT2D eigenvalue weighted by Crippen LogP contribution is 2.35. The Hall–Kier alpha value is -3.19. The van der Waals surface area contributed by atoms with E-state index in [1.165, 1.54) is 17.0 Å². The Labute approximate surface area is 175 Å². The molecule has 30 heavy (non-hydrogen) atoms. The zero-order chi connectivity index (χ0) is 21.5. The molecule has 1 aliphatic rings. The number of anilines is 1. The van der Waals surface area contributed by atoms with Gasteiger partial charge in [-0.3, -0.25) is 14.5 Å². The standard InChI is InChI=1S/C23H25FN2O4/c1-16(2)29-13-7-12-25-22(27)15-26-19-10-5-6-11-20(19)30-21(23(26)28)14-17-8-3-4-9-18(17)24/h3-6,8-11,14,16H,7,12-13,15H2,1-2H3,(H,25,27). The number of nitrogens with zero attached hydrogens (tertiary/aromatic N) is 1. The van der Waals surface area contributed by atoms with Gasteiger partial charge in [-0.25, -0.2) is 4.39 Å². The van der Waals surface area contributed by atoms with Gasteiger partial charge in [0.15, 0.2) is 11.5 Å². The van der Waals surface area contributed by atoms with Gasteiger partial charge < -0.3 is 14.8 Å². The van der Waals surface area contributed by atoms with Crippen molar-refractivity contribution in [3.8, 4) is 5.75 Å². The van der Waals surface area contributed by atoms with Gasteiger partial charge in [0, 0.05) is 18.7 Å². The second-order valence-corrected chi connectivity index (χ2v) is 7.11. The van der Waals surface area contributed by atoms with Crippen LogP contribution in [0.4, 0.5) is 10.1 Å². The molecule has 1 aliphatic heterocycles. The third-order valence-corrected chi connectivity index (χ3v) is 4.42. The Kier molecular flexibility index (Phi) is 7.19. The third-order valence-electron chi connectivity index (χ3n) is 4.42. The van der Waals surface area contributed by atoms with Crippen LogP contribution in [0.15, 0.2) is 54.3 Å². The quantitative estimate of drug-likeness (QED) is 0.532. The summed E-state index contributed by atoms with van der Waals surface area (Å²) < 4.78 is 25.2. The van der Waals surface area contributed by atoms with Crippen LogP contribution in [0.1, 0.15) is 25.8 Å². The molecule has 0 fully saturated rings. The van der Waals surface area contributed by atoms with Gasteiger partial charge in [-0.2, -0.15) is 0 Å². The van der Waals surface area contributed by atoms with E-state index in [2.05, 4.69) is 5.32 Å². The SMILES string of the molecule is CC(C)OCCCNC(=O)CN1C(=O)C(=Cc2ccccc2F)Oc2ccccc21. The van der Waals surface area contributed by atoms with Crippen molar-refractivity contribution in [3.05, 3.63) is 65.7 Å². The van der Waals surface area contributed by atoms with E-state index in [0.29, 0.717) is 31.0 Å². The average molecular weight is 412 g/mol. The van der Waals surface area contributed by atoms with Gasteiger partial charge >= 0.3 is 0 Å². The predicted octanol–water partition coefficient (Wildman–Crippen LogP) is 3.52. The van der Waals surface area contributed by atoms with Crippen molar-refractivity contribution in [2.24, 2.45) is 0 Å². The summed E-state index contributed by atoms with van der Waals surface area (Å²) in [5, 5.41) is 2.80. The van der Waals surface area contributed by atoms with Crippen LogP contribution in [0.3, 0.4) is 0 Å². The first-order chi connectivity index (χ1) is 14.5. The van der Waals surface area contributed by atoms with Gasteiger partial charge in [-0.05, 0) is 44.5 Å².